The average Bonchev–Trinajstić information content (AvgIpc) is 2.24. The quantitative estimate of drug-likeness (QED) is 0.495. The van der Waals surface area contributed by atoms with E-state index in [9.17, 15) is 16.8 Å². The minimum Gasteiger partial charge on any atom is -0.185 e. The highest BCUT2D eigenvalue weighted by atomic mass is 35.5. The van der Waals surface area contributed by atoms with Crippen molar-refractivity contribution in [2.75, 3.05) is 0 Å². The van der Waals surface area contributed by atoms with Crippen LogP contribution in [0.4, 0.5) is 0 Å². The number of allylic oxidation sites excluding steroid dienone is 2. The van der Waals surface area contributed by atoms with Gasteiger partial charge in [0, 0.05) is 5.92 Å². The summed E-state index contributed by atoms with van der Waals surface area (Å²) in [7, 11) is -5.05. The zero-order valence-corrected chi connectivity index (χ0v) is 15.4. The monoisotopic (exact) mass is 352 g/mol. The Morgan fingerprint density at radius 2 is 1.43 bits per heavy atom. The Kier molecular flexibility index (Phi) is 5.18. The summed E-state index contributed by atoms with van der Waals surface area (Å²) < 4.78 is 46.6. The summed E-state index contributed by atoms with van der Waals surface area (Å²) in [6, 6.07) is 0. The first kappa shape index (κ1) is 18.5. The predicted molar refractivity (Wildman–Crippen MR) is 88.0 cm³/mol. The Hall–Kier alpha value is -0.590. The summed E-state index contributed by atoms with van der Waals surface area (Å²) in [5, 5.41) is -0.820. The fourth-order valence-corrected chi connectivity index (χ4v) is 5.20. The van der Waals surface area contributed by atoms with Crippen LogP contribution < -0.4 is 0 Å². The van der Waals surface area contributed by atoms with Crippen molar-refractivity contribution in [2.24, 2.45) is 16.7 Å². The molecule has 120 valence electrons. The van der Waals surface area contributed by atoms with Gasteiger partial charge in [0.2, 0.25) is 20.6 Å². The molecule has 0 aliphatic heterocycles. The van der Waals surface area contributed by atoms with Gasteiger partial charge in [-0.3, -0.25) is 0 Å². The van der Waals surface area contributed by atoms with Crippen LogP contribution in [0, 0.1) is 16.7 Å². The number of hydrogen-bond acceptors (Lipinski definition) is 4. The summed E-state index contributed by atoms with van der Waals surface area (Å²) in [6.07, 6.45) is 1.55. The van der Waals surface area contributed by atoms with Crippen molar-refractivity contribution in [1.29, 1.82) is 0 Å². The fraction of sp³-hybridized carbons (Fsp3) is 0.714. The molecule has 1 aliphatic carbocycles. The van der Waals surface area contributed by atoms with Gasteiger partial charge < -0.3 is 0 Å². The van der Waals surface area contributed by atoms with E-state index in [4.69, 9.17) is 11.6 Å². The fourth-order valence-electron chi connectivity index (χ4n) is 2.52. The molecule has 0 amide bonds. The van der Waals surface area contributed by atoms with Crippen LogP contribution in [-0.4, -0.2) is 31.9 Å². The standard InChI is InChI=1S/C14H21ClO4S2/c1-13(2,3)8-7-9(20(16)17)10(14(4,5)6)12(11(8)15)21(18)19/h7,10-11H,1-6H3. The second-order valence-corrected chi connectivity index (χ2v) is 9.60. The summed E-state index contributed by atoms with van der Waals surface area (Å²) in [5.41, 5.74) is -0.398. The molecular formula is C14H21ClO4S2. The van der Waals surface area contributed by atoms with Crippen LogP contribution in [0.3, 0.4) is 0 Å². The molecule has 4 nitrogen and oxygen atoms in total. The van der Waals surface area contributed by atoms with E-state index in [1.165, 1.54) is 0 Å². The van der Waals surface area contributed by atoms with Crippen molar-refractivity contribution in [3.05, 3.63) is 11.6 Å². The van der Waals surface area contributed by atoms with Crippen molar-refractivity contribution in [1.82, 2.24) is 0 Å². The second-order valence-electron chi connectivity index (χ2n) is 7.29. The number of rotatable bonds is 0. The molecule has 0 bridgehead atoms. The molecule has 0 saturated carbocycles. The number of hydrogen-bond donors (Lipinski definition) is 0. The highest BCUT2D eigenvalue weighted by Gasteiger charge is 2.44. The molecule has 1 aliphatic rings. The van der Waals surface area contributed by atoms with E-state index in [1.54, 1.807) is 26.8 Å². The molecule has 0 N–H and O–H groups in total. The van der Waals surface area contributed by atoms with Crippen LogP contribution in [0.15, 0.2) is 11.6 Å². The minimum absolute atomic E-state index is 0.0378. The smallest absolute Gasteiger partial charge is 0.185 e. The van der Waals surface area contributed by atoms with Gasteiger partial charge in [0.05, 0.1) is 15.1 Å². The maximum Gasteiger partial charge on any atom is 0.217 e. The maximum atomic E-state index is 11.7. The number of halogens is 1. The SMILES string of the molecule is CC(C)(C)C1=CC(=S(=O)=O)C(C(C)(C)C)C(=S(=O)=O)C1Cl. The summed E-state index contributed by atoms with van der Waals surface area (Å²) in [5.74, 6) is -0.747. The van der Waals surface area contributed by atoms with Gasteiger partial charge in [-0.15, -0.1) is 11.6 Å². The minimum atomic E-state index is -2.55. The molecule has 0 aromatic rings. The van der Waals surface area contributed by atoms with Crippen LogP contribution in [-0.2, 0) is 20.6 Å². The van der Waals surface area contributed by atoms with E-state index in [0.717, 1.165) is 0 Å². The molecule has 7 heteroatoms. The molecule has 2 unspecified atom stereocenters. The first-order chi connectivity index (χ1) is 9.28. The third-order valence-corrected chi connectivity index (χ3v) is 5.70. The third kappa shape index (κ3) is 3.79. The normalized spacial score (nSPS) is 23.9. The Morgan fingerprint density at radius 3 is 1.71 bits per heavy atom. The summed E-state index contributed by atoms with van der Waals surface area (Å²) >= 11 is 6.39. The Balaban J connectivity index is 3.91. The Bertz CT molecular complexity index is 726. The van der Waals surface area contributed by atoms with Crippen molar-refractivity contribution < 1.29 is 16.8 Å². The summed E-state index contributed by atoms with van der Waals surface area (Å²) in [4.78, 5) is 0.124. The molecule has 0 saturated heterocycles. The lowest BCUT2D eigenvalue weighted by atomic mass is 9.69. The van der Waals surface area contributed by atoms with E-state index in [-0.39, 0.29) is 9.73 Å². The van der Waals surface area contributed by atoms with Gasteiger partial charge in [0.15, 0.2) is 0 Å². The molecule has 0 aromatic carbocycles. The zero-order valence-electron chi connectivity index (χ0n) is 13.1. The van der Waals surface area contributed by atoms with E-state index in [1.807, 2.05) is 20.8 Å². The van der Waals surface area contributed by atoms with Crippen molar-refractivity contribution >= 4 is 41.9 Å². The highest BCUT2D eigenvalue weighted by molar-refractivity contribution is 7.75. The molecule has 2 atom stereocenters. The molecule has 0 aromatic heterocycles. The van der Waals surface area contributed by atoms with Crippen molar-refractivity contribution in [3.8, 4) is 0 Å². The average molecular weight is 353 g/mol. The van der Waals surface area contributed by atoms with Gasteiger partial charge in [-0.1, -0.05) is 41.5 Å². The molecule has 0 heterocycles. The molecule has 0 fully saturated rings. The molecule has 1 rings (SSSR count). The maximum absolute atomic E-state index is 11.7. The lowest BCUT2D eigenvalue weighted by Crippen LogP contribution is -2.45. The lowest BCUT2D eigenvalue weighted by molar-refractivity contribution is 0.376. The predicted octanol–water partition coefficient (Wildman–Crippen LogP) is 2.35. The summed E-state index contributed by atoms with van der Waals surface area (Å²) in [6.45, 7) is 11.0. The molecule has 21 heavy (non-hydrogen) atoms. The first-order valence-corrected chi connectivity index (χ1v) is 9.15. The van der Waals surface area contributed by atoms with Gasteiger partial charge in [-0.25, -0.2) is 0 Å². The van der Waals surface area contributed by atoms with Crippen LogP contribution in [0.1, 0.15) is 41.5 Å². The molecule has 0 radical (unpaired) electrons. The largest absolute Gasteiger partial charge is 0.217 e. The van der Waals surface area contributed by atoms with Crippen molar-refractivity contribution in [2.45, 2.75) is 46.9 Å². The zero-order chi connectivity index (χ0) is 16.7. The number of alkyl halides is 1. The van der Waals surface area contributed by atoms with Crippen LogP contribution in [0.2, 0.25) is 0 Å². The van der Waals surface area contributed by atoms with Gasteiger partial charge in [0.25, 0.3) is 0 Å². The topological polar surface area (TPSA) is 68.3 Å². The van der Waals surface area contributed by atoms with E-state index < -0.39 is 42.7 Å². The highest BCUT2D eigenvalue weighted by Crippen LogP contribution is 2.41. The van der Waals surface area contributed by atoms with Gasteiger partial charge in [0.1, 0.15) is 0 Å². The van der Waals surface area contributed by atoms with Crippen LogP contribution in [0.25, 0.3) is 0 Å². The molecule has 0 spiro atoms. The lowest BCUT2D eigenvalue weighted by Gasteiger charge is -2.39. The third-order valence-electron chi connectivity index (χ3n) is 3.51. The van der Waals surface area contributed by atoms with E-state index in [0.29, 0.717) is 5.57 Å². The van der Waals surface area contributed by atoms with Crippen LogP contribution in [0.5, 0.6) is 0 Å². The van der Waals surface area contributed by atoms with Crippen LogP contribution >= 0.6 is 11.6 Å². The Morgan fingerprint density at radius 1 is 0.952 bits per heavy atom. The van der Waals surface area contributed by atoms with E-state index in [2.05, 4.69) is 0 Å². The Labute approximate surface area is 134 Å². The van der Waals surface area contributed by atoms with E-state index >= 15 is 0 Å². The van der Waals surface area contributed by atoms with Gasteiger partial charge in [-0.05, 0) is 22.5 Å². The second kappa shape index (κ2) is 5.89. The van der Waals surface area contributed by atoms with Crippen molar-refractivity contribution in [3.63, 3.8) is 0 Å². The van der Waals surface area contributed by atoms with Gasteiger partial charge >= 0.3 is 0 Å². The molecular weight excluding hydrogens is 332 g/mol. The van der Waals surface area contributed by atoms with Gasteiger partial charge in [-0.2, -0.15) is 16.8 Å². The first-order valence-electron chi connectivity index (χ1n) is 6.56.